The van der Waals surface area contributed by atoms with E-state index in [0.29, 0.717) is 11.5 Å². The van der Waals surface area contributed by atoms with Crippen molar-refractivity contribution in [1.29, 1.82) is 0 Å². The standard InChI is InChI=1S/C15H19NO5/c1-10(8-15(18)19)16-14(17)7-5-11-4-6-12(20-2)13(9-11)21-3/h4-7,9-10H,8H2,1-3H3,(H,16,17)(H,18,19)/b7-5+. The fourth-order valence-corrected chi connectivity index (χ4v) is 1.73. The lowest BCUT2D eigenvalue weighted by Crippen LogP contribution is -2.32. The van der Waals surface area contributed by atoms with Gasteiger partial charge in [-0.3, -0.25) is 9.59 Å². The van der Waals surface area contributed by atoms with Crippen LogP contribution in [0.1, 0.15) is 18.9 Å². The number of amides is 1. The number of ether oxygens (including phenoxy) is 2. The Hall–Kier alpha value is -2.50. The lowest BCUT2D eigenvalue weighted by Gasteiger charge is -2.09. The molecule has 6 heteroatoms. The number of rotatable bonds is 7. The van der Waals surface area contributed by atoms with E-state index in [9.17, 15) is 9.59 Å². The quantitative estimate of drug-likeness (QED) is 0.747. The van der Waals surface area contributed by atoms with Gasteiger partial charge in [-0.1, -0.05) is 6.07 Å². The van der Waals surface area contributed by atoms with E-state index in [1.165, 1.54) is 13.2 Å². The molecule has 0 fully saturated rings. The Bertz CT molecular complexity index is 539. The van der Waals surface area contributed by atoms with Crippen molar-refractivity contribution in [2.75, 3.05) is 14.2 Å². The predicted molar refractivity (Wildman–Crippen MR) is 78.4 cm³/mol. The summed E-state index contributed by atoms with van der Waals surface area (Å²) in [5, 5.41) is 11.2. The molecule has 0 aliphatic rings. The Morgan fingerprint density at radius 1 is 1.29 bits per heavy atom. The number of benzene rings is 1. The Morgan fingerprint density at radius 3 is 2.52 bits per heavy atom. The number of carboxylic acids is 1. The average molecular weight is 293 g/mol. The molecule has 0 saturated heterocycles. The highest BCUT2D eigenvalue weighted by Crippen LogP contribution is 2.27. The van der Waals surface area contributed by atoms with Crippen LogP contribution in [0.15, 0.2) is 24.3 Å². The van der Waals surface area contributed by atoms with Crippen LogP contribution in [0.4, 0.5) is 0 Å². The van der Waals surface area contributed by atoms with Gasteiger partial charge in [0.15, 0.2) is 11.5 Å². The van der Waals surface area contributed by atoms with Gasteiger partial charge in [-0.15, -0.1) is 0 Å². The molecule has 0 radical (unpaired) electrons. The second-order valence-electron chi connectivity index (χ2n) is 4.46. The molecule has 1 rings (SSSR count). The molecule has 0 bridgehead atoms. The van der Waals surface area contributed by atoms with Gasteiger partial charge in [0.2, 0.25) is 5.91 Å². The average Bonchev–Trinajstić information content (AvgIpc) is 2.43. The van der Waals surface area contributed by atoms with E-state index in [-0.39, 0.29) is 12.3 Å². The molecule has 0 aliphatic carbocycles. The normalized spacial score (nSPS) is 12.0. The number of carbonyl (C=O) groups excluding carboxylic acids is 1. The smallest absolute Gasteiger partial charge is 0.305 e. The molecule has 2 N–H and O–H groups in total. The van der Waals surface area contributed by atoms with Crippen LogP contribution in [0.3, 0.4) is 0 Å². The monoisotopic (exact) mass is 293 g/mol. The molecule has 0 aromatic heterocycles. The van der Waals surface area contributed by atoms with Crippen LogP contribution in [0, 0.1) is 0 Å². The molecule has 0 saturated carbocycles. The third kappa shape index (κ3) is 5.56. The molecule has 1 aromatic carbocycles. The highest BCUT2D eigenvalue weighted by molar-refractivity contribution is 5.92. The number of nitrogens with one attached hydrogen (secondary N) is 1. The maximum absolute atomic E-state index is 11.6. The summed E-state index contributed by atoms with van der Waals surface area (Å²) in [5.74, 6) is -0.126. The zero-order chi connectivity index (χ0) is 15.8. The molecular formula is C15H19NO5. The fourth-order valence-electron chi connectivity index (χ4n) is 1.73. The van der Waals surface area contributed by atoms with E-state index in [1.807, 2.05) is 0 Å². The number of aliphatic carboxylic acids is 1. The highest BCUT2D eigenvalue weighted by atomic mass is 16.5. The summed E-state index contributed by atoms with van der Waals surface area (Å²) < 4.78 is 10.3. The van der Waals surface area contributed by atoms with Gasteiger partial charge in [-0.2, -0.15) is 0 Å². The Balaban J connectivity index is 2.67. The van der Waals surface area contributed by atoms with Crippen molar-refractivity contribution in [2.24, 2.45) is 0 Å². The molecule has 114 valence electrons. The molecule has 0 aliphatic heterocycles. The van der Waals surface area contributed by atoms with Crippen molar-refractivity contribution in [2.45, 2.75) is 19.4 Å². The van der Waals surface area contributed by atoms with Crippen LogP contribution < -0.4 is 14.8 Å². The van der Waals surface area contributed by atoms with Crippen LogP contribution in [0.25, 0.3) is 6.08 Å². The first-order valence-corrected chi connectivity index (χ1v) is 6.38. The summed E-state index contributed by atoms with van der Waals surface area (Å²) in [6.07, 6.45) is 2.85. The molecule has 1 amide bonds. The molecule has 1 atom stereocenters. The summed E-state index contributed by atoms with van der Waals surface area (Å²) in [4.78, 5) is 22.1. The number of hydrogen-bond donors (Lipinski definition) is 2. The van der Waals surface area contributed by atoms with Crippen molar-refractivity contribution in [3.63, 3.8) is 0 Å². The first-order valence-electron chi connectivity index (χ1n) is 6.38. The van der Waals surface area contributed by atoms with Gasteiger partial charge in [-0.25, -0.2) is 0 Å². The summed E-state index contributed by atoms with van der Waals surface area (Å²) >= 11 is 0. The fraction of sp³-hybridized carbons (Fsp3) is 0.333. The Kier molecular flexibility index (Phi) is 6.26. The second-order valence-corrected chi connectivity index (χ2v) is 4.46. The molecule has 21 heavy (non-hydrogen) atoms. The largest absolute Gasteiger partial charge is 0.493 e. The third-order valence-corrected chi connectivity index (χ3v) is 2.70. The minimum atomic E-state index is -0.952. The van der Waals surface area contributed by atoms with Gasteiger partial charge in [-0.05, 0) is 30.7 Å². The van der Waals surface area contributed by atoms with E-state index < -0.39 is 12.0 Å². The first kappa shape index (κ1) is 16.6. The SMILES string of the molecule is COc1ccc(/C=C/C(=O)NC(C)CC(=O)O)cc1OC. The summed E-state index contributed by atoms with van der Waals surface area (Å²) in [7, 11) is 3.08. The molecule has 0 spiro atoms. The van der Waals surface area contributed by atoms with Gasteiger partial charge in [0, 0.05) is 12.1 Å². The van der Waals surface area contributed by atoms with E-state index >= 15 is 0 Å². The number of carboxylic acid groups (broad SMARTS) is 1. The van der Waals surface area contributed by atoms with E-state index in [0.717, 1.165) is 5.56 Å². The van der Waals surface area contributed by atoms with Crippen LogP contribution in [-0.4, -0.2) is 37.2 Å². The third-order valence-electron chi connectivity index (χ3n) is 2.70. The molecule has 1 unspecified atom stereocenters. The number of hydrogen-bond acceptors (Lipinski definition) is 4. The molecule has 1 aromatic rings. The lowest BCUT2D eigenvalue weighted by molar-refractivity contribution is -0.137. The van der Waals surface area contributed by atoms with Crippen molar-refractivity contribution in [3.8, 4) is 11.5 Å². The number of carbonyl (C=O) groups is 2. The van der Waals surface area contributed by atoms with Gasteiger partial charge >= 0.3 is 5.97 Å². The van der Waals surface area contributed by atoms with E-state index in [1.54, 1.807) is 38.3 Å². The van der Waals surface area contributed by atoms with E-state index in [4.69, 9.17) is 14.6 Å². The maximum atomic E-state index is 11.6. The number of methoxy groups -OCH3 is 2. The first-order chi connectivity index (χ1) is 9.96. The van der Waals surface area contributed by atoms with Crippen LogP contribution in [-0.2, 0) is 9.59 Å². The van der Waals surface area contributed by atoms with Crippen LogP contribution in [0.5, 0.6) is 11.5 Å². The van der Waals surface area contributed by atoms with Gasteiger partial charge in [0.05, 0.1) is 20.6 Å². The minimum absolute atomic E-state index is 0.115. The second kappa shape index (κ2) is 7.94. The van der Waals surface area contributed by atoms with Gasteiger partial charge < -0.3 is 19.9 Å². The Morgan fingerprint density at radius 2 is 1.95 bits per heavy atom. The highest BCUT2D eigenvalue weighted by Gasteiger charge is 2.09. The Labute approximate surface area is 123 Å². The van der Waals surface area contributed by atoms with Gasteiger partial charge in [0.25, 0.3) is 0 Å². The summed E-state index contributed by atoms with van der Waals surface area (Å²) in [6.45, 7) is 1.64. The van der Waals surface area contributed by atoms with Crippen LogP contribution in [0.2, 0.25) is 0 Å². The summed E-state index contributed by atoms with van der Waals surface area (Å²) in [5.41, 5.74) is 0.772. The zero-order valence-corrected chi connectivity index (χ0v) is 12.3. The molecular weight excluding hydrogens is 274 g/mol. The predicted octanol–water partition coefficient (Wildman–Crippen LogP) is 1.70. The van der Waals surface area contributed by atoms with Crippen molar-refractivity contribution in [1.82, 2.24) is 5.32 Å². The minimum Gasteiger partial charge on any atom is -0.493 e. The zero-order valence-electron chi connectivity index (χ0n) is 12.3. The van der Waals surface area contributed by atoms with Crippen molar-refractivity contribution >= 4 is 18.0 Å². The van der Waals surface area contributed by atoms with Crippen molar-refractivity contribution in [3.05, 3.63) is 29.8 Å². The maximum Gasteiger partial charge on any atom is 0.305 e. The lowest BCUT2D eigenvalue weighted by atomic mass is 10.2. The molecule has 0 heterocycles. The topological polar surface area (TPSA) is 84.9 Å². The van der Waals surface area contributed by atoms with E-state index in [2.05, 4.69) is 5.32 Å². The molecule has 6 nitrogen and oxygen atoms in total. The summed E-state index contributed by atoms with van der Waals surface area (Å²) in [6, 6.07) is 4.84. The van der Waals surface area contributed by atoms with Crippen LogP contribution >= 0.6 is 0 Å². The van der Waals surface area contributed by atoms with Gasteiger partial charge in [0.1, 0.15) is 0 Å². The van der Waals surface area contributed by atoms with Crippen molar-refractivity contribution < 1.29 is 24.2 Å².